The number of aryl methyl sites for hydroxylation is 1. The fourth-order valence-electron chi connectivity index (χ4n) is 3.02. The summed E-state index contributed by atoms with van der Waals surface area (Å²) in [5, 5.41) is 0.651. The molecule has 0 N–H and O–H groups in total. The van der Waals surface area contributed by atoms with E-state index in [1.54, 1.807) is 13.2 Å². The minimum atomic E-state index is -0.649. The number of benzene rings is 1. The number of ether oxygens (including phenoxy) is 2. The molecule has 2 aromatic rings. The van der Waals surface area contributed by atoms with Gasteiger partial charge in [-0.2, -0.15) is 0 Å². The molecule has 0 aliphatic rings. The molecule has 1 atom stereocenters. The van der Waals surface area contributed by atoms with Crippen LogP contribution in [0, 0.1) is 13.8 Å². The largest absolute Gasteiger partial charge is 0.454 e. The van der Waals surface area contributed by atoms with Gasteiger partial charge < -0.3 is 14.0 Å². The molecule has 0 fully saturated rings. The van der Waals surface area contributed by atoms with E-state index >= 15 is 0 Å². The van der Waals surface area contributed by atoms with Crippen LogP contribution in [0.5, 0.6) is 0 Å². The maximum Gasteiger partial charge on any atom is 0.338 e. The molecule has 1 heterocycles. The highest BCUT2D eigenvalue weighted by molar-refractivity contribution is 6.35. The van der Waals surface area contributed by atoms with E-state index < -0.39 is 5.97 Å². The molecule has 0 saturated heterocycles. The molecule has 0 spiro atoms. The van der Waals surface area contributed by atoms with Gasteiger partial charge in [-0.15, -0.1) is 0 Å². The second-order valence-corrected chi connectivity index (χ2v) is 6.99. The minimum Gasteiger partial charge on any atom is -0.454 e. The second kappa shape index (κ2) is 8.71. The molecular formula is C19H21Cl2NO4. The van der Waals surface area contributed by atoms with Crippen molar-refractivity contribution >= 4 is 35.0 Å². The Kier molecular flexibility index (Phi) is 6.87. The zero-order valence-corrected chi connectivity index (χ0v) is 16.6. The molecule has 0 amide bonds. The van der Waals surface area contributed by atoms with Crippen LogP contribution >= 0.6 is 23.2 Å². The zero-order valence-electron chi connectivity index (χ0n) is 15.1. The van der Waals surface area contributed by atoms with Crippen LogP contribution in [0.4, 0.5) is 0 Å². The Morgan fingerprint density at radius 3 is 2.31 bits per heavy atom. The van der Waals surface area contributed by atoms with Crippen LogP contribution < -0.4 is 0 Å². The molecule has 0 aliphatic heterocycles. The summed E-state index contributed by atoms with van der Waals surface area (Å²) in [6.45, 7) is 5.99. The number of methoxy groups -OCH3 is 1. The number of aromatic nitrogens is 1. The van der Waals surface area contributed by atoms with Gasteiger partial charge in [0.15, 0.2) is 6.61 Å². The van der Waals surface area contributed by atoms with Crippen molar-refractivity contribution in [2.24, 2.45) is 0 Å². The number of ketones is 1. The van der Waals surface area contributed by atoms with Gasteiger partial charge in [-0.25, -0.2) is 4.79 Å². The average molecular weight is 398 g/mol. The summed E-state index contributed by atoms with van der Waals surface area (Å²) in [7, 11) is 1.64. The van der Waals surface area contributed by atoms with Gasteiger partial charge in [-0.05, 0) is 45.0 Å². The number of carbonyl (C=O) groups is 2. The first kappa shape index (κ1) is 20.5. The van der Waals surface area contributed by atoms with E-state index in [0.29, 0.717) is 22.2 Å². The molecule has 0 aliphatic carbocycles. The molecule has 1 aromatic carbocycles. The Bertz CT molecular complexity index is 809. The lowest BCUT2D eigenvalue weighted by Crippen LogP contribution is -2.17. The van der Waals surface area contributed by atoms with E-state index in [4.69, 9.17) is 32.7 Å². The molecule has 5 nitrogen and oxygen atoms in total. The van der Waals surface area contributed by atoms with Crippen molar-refractivity contribution in [2.45, 2.75) is 26.8 Å². The monoisotopic (exact) mass is 397 g/mol. The van der Waals surface area contributed by atoms with Crippen LogP contribution in [0.3, 0.4) is 0 Å². The van der Waals surface area contributed by atoms with Crippen LogP contribution in [-0.2, 0) is 9.47 Å². The SMILES string of the molecule is COCC(C)n1c(C)cc(C(=O)COC(=O)c2cc(Cl)cc(Cl)c2)c1C. The molecule has 7 heteroatoms. The van der Waals surface area contributed by atoms with Crippen molar-refractivity contribution in [2.75, 3.05) is 20.3 Å². The van der Waals surface area contributed by atoms with Gasteiger partial charge in [0.25, 0.3) is 0 Å². The highest BCUT2D eigenvalue weighted by atomic mass is 35.5. The van der Waals surface area contributed by atoms with Crippen LogP contribution in [0.25, 0.3) is 0 Å². The van der Waals surface area contributed by atoms with Crippen molar-refractivity contribution in [3.05, 3.63) is 56.8 Å². The number of halogens is 2. The molecule has 26 heavy (non-hydrogen) atoms. The normalized spacial score (nSPS) is 12.1. The molecule has 0 saturated carbocycles. The lowest BCUT2D eigenvalue weighted by molar-refractivity contribution is 0.0474. The smallest absolute Gasteiger partial charge is 0.338 e. The lowest BCUT2D eigenvalue weighted by Gasteiger charge is -2.17. The van der Waals surface area contributed by atoms with Crippen LogP contribution in [0.1, 0.15) is 45.1 Å². The Morgan fingerprint density at radius 1 is 1.12 bits per heavy atom. The maximum absolute atomic E-state index is 12.5. The number of rotatable bonds is 7. The average Bonchev–Trinajstić information content (AvgIpc) is 2.86. The molecule has 2 rings (SSSR count). The summed E-state index contributed by atoms with van der Waals surface area (Å²) in [4.78, 5) is 24.6. The van der Waals surface area contributed by atoms with Gasteiger partial charge in [-0.1, -0.05) is 23.2 Å². The summed E-state index contributed by atoms with van der Waals surface area (Å²) in [5.41, 5.74) is 2.50. The molecule has 140 valence electrons. The zero-order chi connectivity index (χ0) is 19.4. The first-order chi connectivity index (χ1) is 12.2. The van der Waals surface area contributed by atoms with Gasteiger partial charge in [0.1, 0.15) is 0 Å². The fourth-order valence-corrected chi connectivity index (χ4v) is 3.54. The quantitative estimate of drug-likeness (QED) is 0.503. The van der Waals surface area contributed by atoms with E-state index in [0.717, 1.165) is 11.4 Å². The summed E-state index contributed by atoms with van der Waals surface area (Å²) in [5.74, 6) is -0.917. The van der Waals surface area contributed by atoms with E-state index in [1.165, 1.54) is 18.2 Å². The van der Waals surface area contributed by atoms with E-state index in [-0.39, 0.29) is 24.0 Å². The number of hydrogen-bond acceptors (Lipinski definition) is 4. The van der Waals surface area contributed by atoms with Crippen molar-refractivity contribution in [1.82, 2.24) is 4.57 Å². The molecule has 1 aromatic heterocycles. The third-order valence-corrected chi connectivity index (χ3v) is 4.50. The Labute approximate surface area is 162 Å². The predicted octanol–water partition coefficient (Wildman–Crippen LogP) is 4.66. The lowest BCUT2D eigenvalue weighted by atomic mass is 10.1. The summed E-state index contributed by atoms with van der Waals surface area (Å²) in [6.07, 6.45) is 0. The summed E-state index contributed by atoms with van der Waals surface area (Å²) >= 11 is 11.8. The van der Waals surface area contributed by atoms with Crippen molar-refractivity contribution in [3.8, 4) is 0 Å². The van der Waals surface area contributed by atoms with Gasteiger partial charge in [0.2, 0.25) is 5.78 Å². The Balaban J connectivity index is 2.11. The number of nitrogens with zero attached hydrogens (tertiary/aromatic N) is 1. The second-order valence-electron chi connectivity index (χ2n) is 6.12. The Morgan fingerprint density at radius 2 is 1.73 bits per heavy atom. The Hall–Kier alpha value is -1.82. The third-order valence-electron chi connectivity index (χ3n) is 4.07. The highest BCUT2D eigenvalue weighted by Crippen LogP contribution is 2.22. The fraction of sp³-hybridized carbons (Fsp3) is 0.368. The maximum atomic E-state index is 12.5. The summed E-state index contributed by atoms with van der Waals surface area (Å²) in [6, 6.07) is 6.30. The van der Waals surface area contributed by atoms with Gasteiger partial charge >= 0.3 is 5.97 Å². The third kappa shape index (κ3) is 4.67. The van der Waals surface area contributed by atoms with Crippen molar-refractivity contribution in [1.29, 1.82) is 0 Å². The number of esters is 1. The topological polar surface area (TPSA) is 57.5 Å². The van der Waals surface area contributed by atoms with Gasteiger partial charge in [0, 0.05) is 34.1 Å². The molecule has 1 unspecified atom stereocenters. The van der Waals surface area contributed by atoms with Crippen LogP contribution in [0.2, 0.25) is 10.0 Å². The first-order valence-corrected chi connectivity index (χ1v) is 8.84. The van der Waals surface area contributed by atoms with E-state index in [2.05, 4.69) is 0 Å². The van der Waals surface area contributed by atoms with E-state index in [1.807, 2.05) is 25.3 Å². The first-order valence-electron chi connectivity index (χ1n) is 8.08. The van der Waals surface area contributed by atoms with Gasteiger partial charge in [0.05, 0.1) is 18.2 Å². The van der Waals surface area contributed by atoms with Gasteiger partial charge in [-0.3, -0.25) is 4.79 Å². The predicted molar refractivity (Wildman–Crippen MR) is 102 cm³/mol. The molecular weight excluding hydrogens is 377 g/mol. The highest BCUT2D eigenvalue weighted by Gasteiger charge is 2.20. The number of carbonyl (C=O) groups excluding carboxylic acids is 2. The standard InChI is InChI=1S/C19H21Cl2NO4/c1-11-5-17(13(3)22(11)12(2)9-25-4)18(23)10-26-19(24)14-6-15(20)8-16(21)7-14/h5-8,12H,9-10H2,1-4H3. The number of Topliss-reactive ketones (excluding diaryl/α,β-unsaturated/α-hetero) is 1. The van der Waals surface area contributed by atoms with Crippen LogP contribution in [-0.4, -0.2) is 36.6 Å². The summed E-state index contributed by atoms with van der Waals surface area (Å²) < 4.78 is 12.4. The van der Waals surface area contributed by atoms with Crippen molar-refractivity contribution < 1.29 is 19.1 Å². The number of hydrogen-bond donors (Lipinski definition) is 0. The minimum absolute atomic E-state index is 0.0951. The van der Waals surface area contributed by atoms with E-state index in [9.17, 15) is 9.59 Å². The van der Waals surface area contributed by atoms with Crippen LogP contribution in [0.15, 0.2) is 24.3 Å². The van der Waals surface area contributed by atoms with Crippen molar-refractivity contribution in [3.63, 3.8) is 0 Å². The molecule has 0 bridgehead atoms. The molecule has 0 radical (unpaired) electrons.